The van der Waals surface area contributed by atoms with E-state index in [0.29, 0.717) is 0 Å². The summed E-state index contributed by atoms with van der Waals surface area (Å²) in [7, 11) is 0. The van der Waals surface area contributed by atoms with Crippen molar-refractivity contribution in [3.05, 3.63) is 34.9 Å². The van der Waals surface area contributed by atoms with E-state index in [4.69, 9.17) is 0 Å². The van der Waals surface area contributed by atoms with Crippen molar-refractivity contribution < 1.29 is 5.11 Å². The fraction of sp³-hybridized carbons (Fsp3) is 0.500. The van der Waals surface area contributed by atoms with Crippen LogP contribution in [0.3, 0.4) is 0 Å². The molecule has 0 radical (unpaired) electrons. The van der Waals surface area contributed by atoms with Crippen molar-refractivity contribution in [2.75, 3.05) is 0 Å². The van der Waals surface area contributed by atoms with Crippen molar-refractivity contribution in [1.82, 2.24) is 0 Å². The third kappa shape index (κ3) is 2.10. The lowest BCUT2D eigenvalue weighted by atomic mass is 9.89. The van der Waals surface area contributed by atoms with Gasteiger partial charge in [-0.1, -0.05) is 30.7 Å². The Morgan fingerprint density at radius 1 is 1.31 bits per heavy atom. The van der Waals surface area contributed by atoms with Crippen LogP contribution < -0.4 is 0 Å². The quantitative estimate of drug-likeness (QED) is 0.738. The molecule has 0 aliphatic rings. The first kappa shape index (κ1) is 10.3. The van der Waals surface area contributed by atoms with Crippen LogP contribution in [-0.2, 0) is 5.60 Å². The van der Waals surface area contributed by atoms with Gasteiger partial charge in [0, 0.05) is 0 Å². The van der Waals surface area contributed by atoms with Crippen LogP contribution in [0.4, 0.5) is 0 Å². The highest BCUT2D eigenvalue weighted by atomic mass is 16.3. The Bertz CT molecular complexity index is 300. The third-order valence-corrected chi connectivity index (χ3v) is 2.66. The van der Waals surface area contributed by atoms with Gasteiger partial charge in [0.15, 0.2) is 0 Å². The maximum atomic E-state index is 10.1. The maximum Gasteiger partial charge on any atom is 0.0868 e. The predicted molar refractivity (Wildman–Crippen MR) is 55.8 cm³/mol. The Morgan fingerprint density at radius 3 is 2.46 bits per heavy atom. The minimum Gasteiger partial charge on any atom is -0.385 e. The number of aryl methyl sites for hydroxylation is 2. The van der Waals surface area contributed by atoms with Gasteiger partial charge in [0.1, 0.15) is 0 Å². The second-order valence-corrected chi connectivity index (χ2v) is 3.95. The van der Waals surface area contributed by atoms with E-state index in [1.807, 2.05) is 20.8 Å². The topological polar surface area (TPSA) is 20.2 Å². The lowest BCUT2D eigenvalue weighted by Crippen LogP contribution is -2.21. The Morgan fingerprint density at radius 2 is 1.92 bits per heavy atom. The van der Waals surface area contributed by atoms with Crippen molar-refractivity contribution in [1.29, 1.82) is 0 Å². The Labute approximate surface area is 80.4 Å². The molecule has 0 saturated heterocycles. The van der Waals surface area contributed by atoms with E-state index in [1.165, 1.54) is 5.56 Å². The van der Waals surface area contributed by atoms with Gasteiger partial charge >= 0.3 is 0 Å². The normalized spacial score (nSPS) is 15.5. The average Bonchev–Trinajstić information content (AvgIpc) is 2.09. The van der Waals surface area contributed by atoms with Gasteiger partial charge < -0.3 is 5.11 Å². The molecule has 1 atom stereocenters. The van der Waals surface area contributed by atoms with E-state index >= 15 is 0 Å². The summed E-state index contributed by atoms with van der Waals surface area (Å²) in [6.45, 7) is 7.96. The van der Waals surface area contributed by atoms with Gasteiger partial charge in [-0.25, -0.2) is 0 Å². The van der Waals surface area contributed by atoms with E-state index in [0.717, 1.165) is 17.5 Å². The Balaban J connectivity index is 3.20. The predicted octanol–water partition coefficient (Wildman–Crippen LogP) is 2.92. The summed E-state index contributed by atoms with van der Waals surface area (Å²) in [4.78, 5) is 0. The minimum absolute atomic E-state index is 0.684. The van der Waals surface area contributed by atoms with Crippen molar-refractivity contribution >= 4 is 0 Å². The number of aliphatic hydroxyl groups is 1. The molecule has 1 aromatic rings. The molecule has 13 heavy (non-hydrogen) atoms. The summed E-state index contributed by atoms with van der Waals surface area (Å²) >= 11 is 0. The van der Waals surface area contributed by atoms with Crippen LogP contribution in [0.2, 0.25) is 0 Å². The zero-order valence-corrected chi connectivity index (χ0v) is 8.89. The fourth-order valence-electron chi connectivity index (χ4n) is 1.51. The number of hydrogen-bond donors (Lipinski definition) is 1. The largest absolute Gasteiger partial charge is 0.385 e. The zero-order valence-electron chi connectivity index (χ0n) is 8.89. The van der Waals surface area contributed by atoms with E-state index in [2.05, 4.69) is 25.1 Å². The van der Waals surface area contributed by atoms with Gasteiger partial charge in [0.2, 0.25) is 0 Å². The van der Waals surface area contributed by atoms with E-state index in [1.54, 1.807) is 0 Å². The Kier molecular flexibility index (Phi) is 2.77. The number of hydrogen-bond acceptors (Lipinski definition) is 1. The zero-order chi connectivity index (χ0) is 10.1. The maximum absolute atomic E-state index is 10.1. The van der Waals surface area contributed by atoms with Crippen LogP contribution >= 0.6 is 0 Å². The monoisotopic (exact) mass is 178 g/mol. The lowest BCUT2D eigenvalue weighted by Gasteiger charge is -2.24. The van der Waals surface area contributed by atoms with Crippen LogP contribution in [0.1, 0.15) is 37.0 Å². The SMILES string of the molecule is CCC(C)(O)c1cc(C)ccc1C. The summed E-state index contributed by atoms with van der Waals surface area (Å²) in [5, 5.41) is 10.1. The molecule has 1 aromatic carbocycles. The van der Waals surface area contributed by atoms with Crippen LogP contribution in [0.25, 0.3) is 0 Å². The van der Waals surface area contributed by atoms with Crippen LogP contribution in [-0.4, -0.2) is 5.11 Å². The first-order valence-electron chi connectivity index (χ1n) is 4.77. The molecule has 1 heteroatoms. The molecule has 0 saturated carbocycles. The van der Waals surface area contributed by atoms with Gasteiger partial charge in [-0.3, -0.25) is 0 Å². The molecule has 0 fully saturated rings. The number of benzene rings is 1. The van der Waals surface area contributed by atoms with Crippen molar-refractivity contribution in [3.8, 4) is 0 Å². The molecule has 0 bridgehead atoms. The molecule has 0 aliphatic heterocycles. The van der Waals surface area contributed by atoms with Crippen LogP contribution in [0.5, 0.6) is 0 Å². The molecule has 0 spiro atoms. The summed E-state index contributed by atoms with van der Waals surface area (Å²) in [6.07, 6.45) is 0.747. The van der Waals surface area contributed by atoms with Crippen LogP contribution in [0, 0.1) is 13.8 Å². The van der Waals surface area contributed by atoms with Crippen molar-refractivity contribution in [2.45, 2.75) is 39.7 Å². The standard InChI is InChI=1S/C12H18O/c1-5-12(4,13)11-8-9(2)6-7-10(11)3/h6-8,13H,5H2,1-4H3. The van der Waals surface area contributed by atoms with E-state index in [9.17, 15) is 5.11 Å². The summed E-state index contributed by atoms with van der Waals surface area (Å²) in [6, 6.07) is 6.21. The average molecular weight is 178 g/mol. The fourth-order valence-corrected chi connectivity index (χ4v) is 1.51. The molecule has 72 valence electrons. The molecule has 0 aromatic heterocycles. The second-order valence-electron chi connectivity index (χ2n) is 3.95. The third-order valence-electron chi connectivity index (χ3n) is 2.66. The first-order valence-corrected chi connectivity index (χ1v) is 4.77. The van der Waals surface area contributed by atoms with Crippen LogP contribution in [0.15, 0.2) is 18.2 Å². The molecular formula is C12H18O. The highest BCUT2D eigenvalue weighted by Crippen LogP contribution is 2.27. The molecule has 1 unspecified atom stereocenters. The molecule has 1 rings (SSSR count). The molecule has 0 heterocycles. The van der Waals surface area contributed by atoms with E-state index in [-0.39, 0.29) is 0 Å². The minimum atomic E-state index is -0.684. The molecule has 0 amide bonds. The van der Waals surface area contributed by atoms with Crippen molar-refractivity contribution in [2.24, 2.45) is 0 Å². The van der Waals surface area contributed by atoms with Crippen molar-refractivity contribution in [3.63, 3.8) is 0 Å². The highest BCUT2D eigenvalue weighted by Gasteiger charge is 2.22. The lowest BCUT2D eigenvalue weighted by molar-refractivity contribution is 0.0524. The van der Waals surface area contributed by atoms with Gasteiger partial charge in [0.25, 0.3) is 0 Å². The smallest absolute Gasteiger partial charge is 0.0868 e. The van der Waals surface area contributed by atoms with Gasteiger partial charge in [-0.2, -0.15) is 0 Å². The Hall–Kier alpha value is -0.820. The molecule has 0 aliphatic carbocycles. The first-order chi connectivity index (χ1) is 5.97. The van der Waals surface area contributed by atoms with Gasteiger partial charge in [-0.15, -0.1) is 0 Å². The second kappa shape index (κ2) is 3.51. The molecule has 1 nitrogen and oxygen atoms in total. The number of rotatable bonds is 2. The molecule has 1 N–H and O–H groups in total. The van der Waals surface area contributed by atoms with Gasteiger partial charge in [0.05, 0.1) is 5.60 Å². The summed E-state index contributed by atoms with van der Waals surface area (Å²) < 4.78 is 0. The highest BCUT2D eigenvalue weighted by molar-refractivity contribution is 5.34. The summed E-state index contributed by atoms with van der Waals surface area (Å²) in [5.41, 5.74) is 2.73. The van der Waals surface area contributed by atoms with Gasteiger partial charge in [-0.05, 0) is 38.3 Å². The van der Waals surface area contributed by atoms with E-state index < -0.39 is 5.60 Å². The summed E-state index contributed by atoms with van der Waals surface area (Å²) in [5.74, 6) is 0. The molecular weight excluding hydrogens is 160 g/mol.